The summed E-state index contributed by atoms with van der Waals surface area (Å²) in [5.41, 5.74) is 2.40. The van der Waals surface area contributed by atoms with E-state index in [9.17, 15) is 9.59 Å². The van der Waals surface area contributed by atoms with Crippen molar-refractivity contribution >= 4 is 23.1 Å². The lowest BCUT2D eigenvalue weighted by Gasteiger charge is -2.15. The third kappa shape index (κ3) is 4.56. The number of carbonyl (C=O) groups excluding carboxylic acids is 2. The zero-order valence-corrected chi connectivity index (χ0v) is 19.2. The molecule has 34 heavy (non-hydrogen) atoms. The summed E-state index contributed by atoms with van der Waals surface area (Å²) in [6, 6.07) is 15.9. The van der Waals surface area contributed by atoms with Crippen LogP contribution in [0.3, 0.4) is 0 Å². The molecule has 0 atom stereocenters. The van der Waals surface area contributed by atoms with E-state index in [0.717, 1.165) is 5.56 Å². The molecule has 0 bridgehead atoms. The second-order valence-corrected chi connectivity index (χ2v) is 7.46. The fourth-order valence-corrected chi connectivity index (χ4v) is 3.74. The first-order valence-corrected chi connectivity index (χ1v) is 10.8. The van der Waals surface area contributed by atoms with Gasteiger partial charge in [-0.1, -0.05) is 12.1 Å². The predicted octanol–water partition coefficient (Wildman–Crippen LogP) is 3.89. The SMILES string of the molecule is CCOc1cccc(NC2=C(c3ccc(OC)c(OC)c3)C(=O)N(Cc3ccncc3)C2=O)c1. The lowest BCUT2D eigenvalue weighted by molar-refractivity contribution is -0.137. The number of hydrogen-bond donors (Lipinski definition) is 1. The molecular formula is C26H25N3O5. The lowest BCUT2D eigenvalue weighted by atomic mass is 10.0. The number of nitrogens with zero attached hydrogens (tertiary/aromatic N) is 2. The summed E-state index contributed by atoms with van der Waals surface area (Å²) in [5.74, 6) is 0.811. The Labute approximate surface area is 197 Å². The van der Waals surface area contributed by atoms with Crippen LogP contribution in [-0.4, -0.2) is 42.5 Å². The van der Waals surface area contributed by atoms with Crippen molar-refractivity contribution in [1.82, 2.24) is 9.88 Å². The highest BCUT2D eigenvalue weighted by atomic mass is 16.5. The number of anilines is 1. The van der Waals surface area contributed by atoms with Gasteiger partial charge in [-0.25, -0.2) is 0 Å². The Kier molecular flexibility index (Phi) is 6.77. The summed E-state index contributed by atoms with van der Waals surface area (Å²) in [6.45, 7) is 2.54. The lowest BCUT2D eigenvalue weighted by Crippen LogP contribution is -2.32. The minimum absolute atomic E-state index is 0.126. The molecule has 0 saturated heterocycles. The van der Waals surface area contributed by atoms with Gasteiger partial charge < -0.3 is 19.5 Å². The predicted molar refractivity (Wildman–Crippen MR) is 127 cm³/mol. The molecule has 0 aliphatic carbocycles. The van der Waals surface area contributed by atoms with Crippen molar-refractivity contribution < 1.29 is 23.8 Å². The van der Waals surface area contributed by atoms with E-state index >= 15 is 0 Å². The van der Waals surface area contributed by atoms with Crippen LogP contribution < -0.4 is 19.5 Å². The molecule has 0 spiro atoms. The van der Waals surface area contributed by atoms with Crippen LogP contribution in [0.1, 0.15) is 18.1 Å². The van der Waals surface area contributed by atoms with E-state index in [2.05, 4.69) is 10.3 Å². The minimum atomic E-state index is -0.423. The summed E-state index contributed by atoms with van der Waals surface area (Å²) < 4.78 is 16.3. The van der Waals surface area contributed by atoms with Crippen molar-refractivity contribution in [2.24, 2.45) is 0 Å². The molecule has 0 fully saturated rings. The average Bonchev–Trinajstić information content (AvgIpc) is 3.09. The van der Waals surface area contributed by atoms with Crippen LogP contribution in [0.25, 0.3) is 5.57 Å². The number of hydrogen-bond acceptors (Lipinski definition) is 7. The number of benzene rings is 2. The smallest absolute Gasteiger partial charge is 0.278 e. The number of methoxy groups -OCH3 is 2. The van der Waals surface area contributed by atoms with E-state index in [4.69, 9.17) is 14.2 Å². The summed E-state index contributed by atoms with van der Waals surface area (Å²) in [7, 11) is 3.06. The Balaban J connectivity index is 1.77. The van der Waals surface area contributed by atoms with Gasteiger partial charge in [-0.05, 0) is 54.4 Å². The maximum atomic E-state index is 13.5. The van der Waals surface area contributed by atoms with Gasteiger partial charge in [0.2, 0.25) is 0 Å². The zero-order chi connectivity index (χ0) is 24.1. The topological polar surface area (TPSA) is 90.0 Å². The molecule has 2 aromatic carbocycles. The second-order valence-electron chi connectivity index (χ2n) is 7.46. The average molecular weight is 460 g/mol. The molecule has 3 aromatic rings. The van der Waals surface area contributed by atoms with Crippen molar-refractivity contribution in [3.8, 4) is 17.2 Å². The number of amides is 2. The van der Waals surface area contributed by atoms with Gasteiger partial charge in [0, 0.05) is 24.1 Å². The third-order valence-corrected chi connectivity index (χ3v) is 5.34. The first-order valence-electron chi connectivity index (χ1n) is 10.8. The molecule has 4 rings (SSSR count). The van der Waals surface area contributed by atoms with E-state index in [1.807, 2.05) is 25.1 Å². The van der Waals surface area contributed by atoms with Crippen molar-refractivity contribution in [1.29, 1.82) is 0 Å². The normalized spacial score (nSPS) is 13.3. The summed E-state index contributed by atoms with van der Waals surface area (Å²) in [5, 5.41) is 3.15. The molecule has 174 valence electrons. The molecule has 0 saturated carbocycles. The van der Waals surface area contributed by atoms with E-state index < -0.39 is 11.8 Å². The van der Waals surface area contributed by atoms with E-state index in [0.29, 0.717) is 35.1 Å². The molecule has 8 nitrogen and oxygen atoms in total. The molecular weight excluding hydrogens is 434 g/mol. The van der Waals surface area contributed by atoms with Gasteiger partial charge in [-0.15, -0.1) is 0 Å². The zero-order valence-electron chi connectivity index (χ0n) is 19.2. The maximum Gasteiger partial charge on any atom is 0.278 e. The van der Waals surface area contributed by atoms with Crippen molar-refractivity contribution in [3.63, 3.8) is 0 Å². The number of ether oxygens (including phenoxy) is 3. The quantitative estimate of drug-likeness (QED) is 0.486. The third-order valence-electron chi connectivity index (χ3n) is 5.34. The molecule has 1 aliphatic heterocycles. The van der Waals surface area contributed by atoms with Gasteiger partial charge in [0.15, 0.2) is 11.5 Å². The van der Waals surface area contributed by atoms with Crippen LogP contribution in [0, 0.1) is 0 Å². The molecule has 1 N–H and O–H groups in total. The van der Waals surface area contributed by atoms with E-state index in [1.54, 1.807) is 48.8 Å². The fourth-order valence-electron chi connectivity index (χ4n) is 3.74. The van der Waals surface area contributed by atoms with Crippen molar-refractivity contribution in [2.45, 2.75) is 13.5 Å². The Morgan fingerprint density at radius 2 is 1.68 bits per heavy atom. The van der Waals surface area contributed by atoms with Gasteiger partial charge >= 0.3 is 0 Å². The van der Waals surface area contributed by atoms with E-state index in [-0.39, 0.29) is 17.8 Å². The molecule has 1 aromatic heterocycles. The van der Waals surface area contributed by atoms with Crippen LogP contribution in [0.4, 0.5) is 5.69 Å². The van der Waals surface area contributed by atoms with Gasteiger partial charge in [0.25, 0.3) is 11.8 Å². The highest BCUT2D eigenvalue weighted by molar-refractivity contribution is 6.36. The second kappa shape index (κ2) is 10.1. The number of nitrogens with one attached hydrogen (secondary N) is 1. The molecule has 2 heterocycles. The first kappa shape index (κ1) is 22.8. The number of pyridine rings is 1. The number of aromatic nitrogens is 1. The Hall–Kier alpha value is -4.33. The molecule has 0 unspecified atom stereocenters. The summed E-state index contributed by atoms with van der Waals surface area (Å²) in [4.78, 5) is 32.2. The van der Waals surface area contributed by atoms with Gasteiger partial charge in [-0.3, -0.25) is 19.5 Å². The van der Waals surface area contributed by atoms with Crippen LogP contribution in [0.5, 0.6) is 17.2 Å². The maximum absolute atomic E-state index is 13.5. The van der Waals surface area contributed by atoms with Gasteiger partial charge in [0.1, 0.15) is 11.4 Å². The standard InChI is InChI=1S/C26H25N3O5/c1-4-34-20-7-5-6-19(15-20)28-24-23(18-8-9-21(32-2)22(14-18)33-3)25(30)29(26(24)31)16-17-10-12-27-13-11-17/h5-15,28H,4,16H2,1-3H3. The van der Waals surface area contributed by atoms with Crippen LogP contribution in [0.15, 0.2) is 72.7 Å². The van der Waals surface area contributed by atoms with Gasteiger partial charge in [-0.2, -0.15) is 0 Å². The highest BCUT2D eigenvalue weighted by Gasteiger charge is 2.39. The Bertz CT molecular complexity index is 1240. The summed E-state index contributed by atoms with van der Waals surface area (Å²) in [6.07, 6.45) is 3.25. The number of rotatable bonds is 9. The van der Waals surface area contributed by atoms with Gasteiger partial charge in [0.05, 0.1) is 32.9 Å². The van der Waals surface area contributed by atoms with Crippen molar-refractivity contribution in [3.05, 3.63) is 83.8 Å². The Morgan fingerprint density at radius 1 is 0.912 bits per heavy atom. The molecule has 1 aliphatic rings. The van der Waals surface area contributed by atoms with Crippen LogP contribution in [-0.2, 0) is 16.1 Å². The molecule has 8 heteroatoms. The largest absolute Gasteiger partial charge is 0.494 e. The Morgan fingerprint density at radius 3 is 2.38 bits per heavy atom. The monoisotopic (exact) mass is 459 g/mol. The molecule has 0 radical (unpaired) electrons. The van der Waals surface area contributed by atoms with Crippen molar-refractivity contribution in [2.75, 3.05) is 26.1 Å². The number of carbonyl (C=O) groups is 2. The van der Waals surface area contributed by atoms with Crippen LogP contribution >= 0.6 is 0 Å². The minimum Gasteiger partial charge on any atom is -0.494 e. The summed E-state index contributed by atoms with van der Waals surface area (Å²) >= 11 is 0. The van der Waals surface area contributed by atoms with E-state index in [1.165, 1.54) is 19.1 Å². The fraction of sp³-hybridized carbons (Fsp3) is 0.192. The highest BCUT2D eigenvalue weighted by Crippen LogP contribution is 2.36. The number of imide groups is 1. The molecule has 2 amide bonds. The van der Waals surface area contributed by atoms with Crippen LogP contribution in [0.2, 0.25) is 0 Å². The first-order chi connectivity index (χ1) is 16.5.